The minimum atomic E-state index is -0.101. The lowest BCUT2D eigenvalue weighted by Gasteiger charge is -2.33. The first-order valence-electron chi connectivity index (χ1n) is 10.6. The van der Waals surface area contributed by atoms with Gasteiger partial charge in [-0.3, -0.25) is 14.6 Å². The second-order valence-electron chi connectivity index (χ2n) is 7.95. The third-order valence-electron chi connectivity index (χ3n) is 5.84. The fourth-order valence-electron chi connectivity index (χ4n) is 3.88. The number of hydrogen-bond acceptors (Lipinski definition) is 6. The highest BCUT2D eigenvalue weighted by molar-refractivity contribution is 5.92. The number of piperazine rings is 1. The Balaban J connectivity index is 1.21. The Hall–Kier alpha value is -2.48. The van der Waals surface area contributed by atoms with E-state index in [1.807, 2.05) is 13.1 Å². The standard InChI is InChI=1S/C23H30N4O3/c1-25(20-9-15-29-17-20)23(28)21-18-30-22(24-21)16-27-13-11-26(12-14-27)10-5-8-19-6-3-2-4-7-19/h2-8,18,20H,9-17H2,1H3/b8-5+/t20-/m0/s1. The number of ether oxygens (including phenoxy) is 1. The zero-order valence-electron chi connectivity index (χ0n) is 17.6. The van der Waals surface area contributed by atoms with Crippen LogP contribution in [-0.2, 0) is 11.3 Å². The number of nitrogens with zero attached hydrogens (tertiary/aromatic N) is 4. The molecule has 1 atom stereocenters. The van der Waals surface area contributed by atoms with Gasteiger partial charge in [-0.05, 0) is 12.0 Å². The van der Waals surface area contributed by atoms with E-state index in [0.29, 0.717) is 31.3 Å². The van der Waals surface area contributed by atoms with Gasteiger partial charge >= 0.3 is 0 Å². The van der Waals surface area contributed by atoms with E-state index in [9.17, 15) is 4.79 Å². The number of aromatic nitrogens is 1. The molecule has 7 nitrogen and oxygen atoms in total. The van der Waals surface area contributed by atoms with Crippen molar-refractivity contribution in [2.45, 2.75) is 19.0 Å². The van der Waals surface area contributed by atoms with Gasteiger partial charge in [-0.2, -0.15) is 0 Å². The van der Waals surface area contributed by atoms with Crippen molar-refractivity contribution in [2.75, 3.05) is 53.0 Å². The summed E-state index contributed by atoms with van der Waals surface area (Å²) < 4.78 is 11.0. The zero-order chi connectivity index (χ0) is 20.8. The molecule has 1 amide bonds. The lowest BCUT2D eigenvalue weighted by molar-refractivity contribution is 0.0705. The molecule has 7 heteroatoms. The van der Waals surface area contributed by atoms with Gasteiger partial charge in [0.05, 0.1) is 19.2 Å². The first-order chi connectivity index (χ1) is 14.7. The van der Waals surface area contributed by atoms with Crippen molar-refractivity contribution in [1.82, 2.24) is 19.7 Å². The Morgan fingerprint density at radius 3 is 2.70 bits per heavy atom. The molecule has 30 heavy (non-hydrogen) atoms. The normalized spacial score (nSPS) is 20.8. The molecule has 0 saturated carbocycles. The Kier molecular flexibility index (Phi) is 6.94. The van der Waals surface area contributed by atoms with Gasteiger partial charge in [0.25, 0.3) is 5.91 Å². The third-order valence-corrected chi connectivity index (χ3v) is 5.84. The van der Waals surface area contributed by atoms with Crippen LogP contribution in [0.5, 0.6) is 0 Å². The molecule has 0 unspecified atom stereocenters. The number of rotatable bonds is 7. The maximum atomic E-state index is 12.6. The first-order valence-corrected chi connectivity index (χ1v) is 10.6. The molecule has 4 rings (SSSR count). The minimum Gasteiger partial charge on any atom is -0.447 e. The van der Waals surface area contributed by atoms with Crippen LogP contribution in [-0.4, -0.2) is 84.6 Å². The van der Waals surface area contributed by atoms with Gasteiger partial charge in [0.15, 0.2) is 5.69 Å². The zero-order valence-corrected chi connectivity index (χ0v) is 17.6. The maximum absolute atomic E-state index is 12.6. The second kappa shape index (κ2) is 10.0. The molecule has 1 aromatic carbocycles. The summed E-state index contributed by atoms with van der Waals surface area (Å²) in [6.45, 7) is 6.84. The minimum absolute atomic E-state index is 0.101. The molecule has 3 heterocycles. The third kappa shape index (κ3) is 5.36. The van der Waals surface area contributed by atoms with E-state index in [0.717, 1.165) is 39.1 Å². The summed E-state index contributed by atoms with van der Waals surface area (Å²) in [6.07, 6.45) is 6.75. The number of amides is 1. The molecule has 2 aromatic rings. The van der Waals surface area contributed by atoms with Crippen molar-refractivity contribution in [1.29, 1.82) is 0 Å². The van der Waals surface area contributed by atoms with Gasteiger partial charge in [-0.25, -0.2) is 4.98 Å². The van der Waals surface area contributed by atoms with Gasteiger partial charge < -0.3 is 14.1 Å². The van der Waals surface area contributed by atoms with Crippen molar-refractivity contribution in [3.05, 3.63) is 59.8 Å². The van der Waals surface area contributed by atoms with E-state index in [1.54, 1.807) is 4.90 Å². The smallest absolute Gasteiger partial charge is 0.275 e. The average Bonchev–Trinajstić information content (AvgIpc) is 3.47. The van der Waals surface area contributed by atoms with Crippen molar-refractivity contribution < 1.29 is 13.9 Å². The van der Waals surface area contributed by atoms with Crippen molar-refractivity contribution in [2.24, 2.45) is 0 Å². The Labute approximate surface area is 177 Å². The Bertz CT molecular complexity index is 837. The fraction of sp³-hybridized carbons (Fsp3) is 0.478. The van der Waals surface area contributed by atoms with Gasteiger partial charge in [0.1, 0.15) is 6.26 Å². The topological polar surface area (TPSA) is 62.1 Å². The van der Waals surface area contributed by atoms with Gasteiger partial charge in [-0.15, -0.1) is 0 Å². The summed E-state index contributed by atoms with van der Waals surface area (Å²) in [7, 11) is 1.81. The van der Waals surface area contributed by atoms with E-state index >= 15 is 0 Å². The predicted octanol–water partition coefficient (Wildman–Crippen LogP) is 2.37. The van der Waals surface area contributed by atoms with Crippen LogP contribution in [0.4, 0.5) is 0 Å². The molecular weight excluding hydrogens is 380 g/mol. The van der Waals surface area contributed by atoms with E-state index in [4.69, 9.17) is 9.15 Å². The number of benzene rings is 1. The SMILES string of the molecule is CN(C(=O)c1coc(CN2CCN(C/C=C/c3ccccc3)CC2)n1)[C@H]1CCOC1. The number of hydrogen-bond donors (Lipinski definition) is 0. The molecule has 0 aliphatic carbocycles. The Morgan fingerprint density at radius 1 is 1.20 bits per heavy atom. The van der Waals surface area contributed by atoms with Crippen molar-refractivity contribution in [3.8, 4) is 0 Å². The van der Waals surface area contributed by atoms with Gasteiger partial charge in [0.2, 0.25) is 5.89 Å². The van der Waals surface area contributed by atoms with E-state index in [1.165, 1.54) is 11.8 Å². The number of carbonyl (C=O) groups excluding carboxylic acids is 1. The predicted molar refractivity (Wildman–Crippen MR) is 115 cm³/mol. The van der Waals surface area contributed by atoms with E-state index in [2.05, 4.69) is 51.2 Å². The lowest BCUT2D eigenvalue weighted by Crippen LogP contribution is -2.45. The van der Waals surface area contributed by atoms with Crippen LogP contribution in [0.15, 0.2) is 47.1 Å². The number of oxazole rings is 1. The highest BCUT2D eigenvalue weighted by Gasteiger charge is 2.27. The molecule has 0 bridgehead atoms. The second-order valence-corrected chi connectivity index (χ2v) is 7.95. The highest BCUT2D eigenvalue weighted by Crippen LogP contribution is 2.15. The summed E-state index contributed by atoms with van der Waals surface area (Å²) >= 11 is 0. The summed E-state index contributed by atoms with van der Waals surface area (Å²) in [4.78, 5) is 23.5. The fourth-order valence-corrected chi connectivity index (χ4v) is 3.88. The van der Waals surface area contributed by atoms with Crippen LogP contribution < -0.4 is 0 Å². The number of likely N-dealkylation sites (N-methyl/N-ethyl adjacent to an activating group) is 1. The lowest BCUT2D eigenvalue weighted by atomic mass is 10.2. The van der Waals surface area contributed by atoms with Gasteiger partial charge in [-0.1, -0.05) is 42.5 Å². The molecule has 2 aliphatic rings. The van der Waals surface area contributed by atoms with Crippen LogP contribution in [0.1, 0.15) is 28.4 Å². The molecular formula is C23H30N4O3. The van der Waals surface area contributed by atoms with Crippen LogP contribution in [0, 0.1) is 0 Å². The first kappa shape index (κ1) is 20.8. The van der Waals surface area contributed by atoms with Crippen LogP contribution >= 0.6 is 0 Å². The maximum Gasteiger partial charge on any atom is 0.275 e. The van der Waals surface area contributed by atoms with Crippen LogP contribution in [0.2, 0.25) is 0 Å². The molecule has 2 saturated heterocycles. The summed E-state index contributed by atoms with van der Waals surface area (Å²) in [5.74, 6) is 0.502. The van der Waals surface area contributed by atoms with Crippen molar-refractivity contribution >= 4 is 12.0 Å². The van der Waals surface area contributed by atoms with Gasteiger partial charge in [0, 0.05) is 46.4 Å². The average molecular weight is 411 g/mol. The molecule has 0 N–H and O–H groups in total. The summed E-state index contributed by atoms with van der Waals surface area (Å²) in [5, 5.41) is 0. The number of carbonyl (C=O) groups is 1. The summed E-state index contributed by atoms with van der Waals surface area (Å²) in [6, 6.07) is 10.5. The summed E-state index contributed by atoms with van der Waals surface area (Å²) in [5.41, 5.74) is 1.61. The molecule has 160 valence electrons. The van der Waals surface area contributed by atoms with E-state index in [-0.39, 0.29) is 11.9 Å². The quantitative estimate of drug-likeness (QED) is 0.698. The molecule has 1 aromatic heterocycles. The van der Waals surface area contributed by atoms with Crippen LogP contribution in [0.25, 0.3) is 6.08 Å². The molecule has 2 aliphatic heterocycles. The largest absolute Gasteiger partial charge is 0.447 e. The monoisotopic (exact) mass is 410 g/mol. The molecule has 0 spiro atoms. The molecule has 0 radical (unpaired) electrons. The Morgan fingerprint density at radius 2 is 1.97 bits per heavy atom. The molecule has 2 fully saturated rings. The van der Waals surface area contributed by atoms with E-state index < -0.39 is 0 Å². The van der Waals surface area contributed by atoms with Crippen molar-refractivity contribution in [3.63, 3.8) is 0 Å². The van der Waals surface area contributed by atoms with Crippen LogP contribution in [0.3, 0.4) is 0 Å². The highest BCUT2D eigenvalue weighted by atomic mass is 16.5.